The molecule has 1 rings (SSSR count). The van der Waals surface area contributed by atoms with Crippen LogP contribution in [-0.4, -0.2) is 23.0 Å². The number of carbonyl (C=O) groups excluding carboxylic acids is 1. The van der Waals surface area contributed by atoms with Gasteiger partial charge in [0.1, 0.15) is 6.04 Å². The van der Waals surface area contributed by atoms with Gasteiger partial charge in [0.05, 0.1) is 0 Å². The highest BCUT2D eigenvalue weighted by Gasteiger charge is 2.20. The van der Waals surface area contributed by atoms with E-state index in [0.29, 0.717) is 12.8 Å². The molecule has 4 nitrogen and oxygen atoms in total. The topological polar surface area (TPSA) is 66.4 Å². The minimum Gasteiger partial charge on any atom is -0.480 e. The van der Waals surface area contributed by atoms with E-state index in [1.165, 1.54) is 0 Å². The Bertz CT molecular complexity index is 477. The smallest absolute Gasteiger partial charge is 0.326 e. The van der Waals surface area contributed by atoms with E-state index in [4.69, 9.17) is 5.11 Å². The minimum absolute atomic E-state index is 0.110. The van der Waals surface area contributed by atoms with Gasteiger partial charge in [-0.15, -0.1) is 0 Å². The first-order valence-corrected chi connectivity index (χ1v) is 5.94. The average molecular weight is 271 g/mol. The van der Waals surface area contributed by atoms with Crippen LogP contribution in [0.5, 0.6) is 0 Å². The predicted molar refractivity (Wildman–Crippen MR) is 64.8 cm³/mol. The van der Waals surface area contributed by atoms with Gasteiger partial charge in [0.15, 0.2) is 11.6 Å². The molecule has 0 fully saturated rings. The molecule has 0 heterocycles. The van der Waals surface area contributed by atoms with Crippen LogP contribution in [0.3, 0.4) is 0 Å². The molecule has 1 atom stereocenters. The number of benzene rings is 1. The van der Waals surface area contributed by atoms with Crippen LogP contribution in [0.4, 0.5) is 8.78 Å². The third-order valence-electron chi connectivity index (χ3n) is 2.63. The van der Waals surface area contributed by atoms with Gasteiger partial charge >= 0.3 is 5.97 Å². The van der Waals surface area contributed by atoms with E-state index in [0.717, 1.165) is 24.6 Å². The molecule has 104 valence electrons. The molecule has 19 heavy (non-hydrogen) atoms. The third kappa shape index (κ3) is 4.31. The number of nitrogens with one attached hydrogen (secondary N) is 1. The van der Waals surface area contributed by atoms with Crippen LogP contribution in [0.2, 0.25) is 0 Å². The molecule has 1 aromatic carbocycles. The Balaban J connectivity index is 2.75. The molecule has 0 aromatic heterocycles. The van der Waals surface area contributed by atoms with Gasteiger partial charge in [0.25, 0.3) is 5.91 Å². The second-order valence-corrected chi connectivity index (χ2v) is 4.14. The molecule has 0 spiro atoms. The largest absolute Gasteiger partial charge is 0.480 e. The van der Waals surface area contributed by atoms with Crippen molar-refractivity contribution in [2.24, 2.45) is 0 Å². The van der Waals surface area contributed by atoms with Crippen molar-refractivity contribution in [2.75, 3.05) is 0 Å². The third-order valence-corrected chi connectivity index (χ3v) is 2.63. The maximum atomic E-state index is 13.0. The Labute approximate surface area is 109 Å². The fourth-order valence-electron chi connectivity index (χ4n) is 1.54. The molecule has 2 N–H and O–H groups in total. The summed E-state index contributed by atoms with van der Waals surface area (Å²) in [5, 5.41) is 11.2. The van der Waals surface area contributed by atoms with Gasteiger partial charge in [0.2, 0.25) is 0 Å². The second kappa shape index (κ2) is 6.82. The summed E-state index contributed by atoms with van der Waals surface area (Å²) in [4.78, 5) is 22.7. The van der Waals surface area contributed by atoms with Gasteiger partial charge < -0.3 is 10.4 Å². The standard InChI is InChI=1S/C13H15F2NO3/c1-2-3-4-11(13(18)19)16-12(17)8-5-6-9(14)10(15)7-8/h5-7,11H,2-4H2,1H3,(H,16,17)(H,18,19)/t11-/m0/s1. The Morgan fingerprint density at radius 2 is 2.00 bits per heavy atom. The normalized spacial score (nSPS) is 11.9. The summed E-state index contributed by atoms with van der Waals surface area (Å²) < 4.78 is 25.7. The molecule has 0 aliphatic carbocycles. The first-order chi connectivity index (χ1) is 8.95. The lowest BCUT2D eigenvalue weighted by molar-refractivity contribution is -0.139. The second-order valence-electron chi connectivity index (χ2n) is 4.14. The molecule has 0 unspecified atom stereocenters. The van der Waals surface area contributed by atoms with E-state index in [1.54, 1.807) is 0 Å². The van der Waals surface area contributed by atoms with Crippen molar-refractivity contribution in [2.45, 2.75) is 32.2 Å². The lowest BCUT2D eigenvalue weighted by Crippen LogP contribution is -2.40. The van der Waals surface area contributed by atoms with E-state index in [-0.39, 0.29) is 5.56 Å². The van der Waals surface area contributed by atoms with Gasteiger partial charge in [-0.1, -0.05) is 19.8 Å². The molecule has 0 aliphatic heterocycles. The summed E-state index contributed by atoms with van der Waals surface area (Å²) in [6.45, 7) is 1.90. The van der Waals surface area contributed by atoms with E-state index in [9.17, 15) is 18.4 Å². The van der Waals surface area contributed by atoms with Crippen LogP contribution in [0.25, 0.3) is 0 Å². The lowest BCUT2D eigenvalue weighted by atomic mass is 10.1. The van der Waals surface area contributed by atoms with E-state index in [2.05, 4.69) is 5.32 Å². The van der Waals surface area contributed by atoms with E-state index in [1.807, 2.05) is 6.92 Å². The molecule has 0 saturated heterocycles. The highest BCUT2D eigenvalue weighted by molar-refractivity contribution is 5.96. The number of halogens is 2. The van der Waals surface area contributed by atoms with Gasteiger partial charge in [-0.25, -0.2) is 13.6 Å². The van der Waals surface area contributed by atoms with Crippen LogP contribution in [0.1, 0.15) is 36.5 Å². The van der Waals surface area contributed by atoms with Crippen molar-refractivity contribution in [1.29, 1.82) is 0 Å². The van der Waals surface area contributed by atoms with Gasteiger partial charge in [-0.3, -0.25) is 4.79 Å². The summed E-state index contributed by atoms with van der Waals surface area (Å²) in [5.74, 6) is -4.09. The summed E-state index contributed by atoms with van der Waals surface area (Å²) in [6, 6.07) is 1.64. The van der Waals surface area contributed by atoms with Crippen molar-refractivity contribution in [3.05, 3.63) is 35.4 Å². The van der Waals surface area contributed by atoms with Crippen LogP contribution < -0.4 is 5.32 Å². The molecule has 0 aliphatic rings. The average Bonchev–Trinajstić information content (AvgIpc) is 2.37. The Kier molecular flexibility index (Phi) is 5.41. The number of hydrogen-bond acceptors (Lipinski definition) is 2. The molecule has 6 heteroatoms. The van der Waals surface area contributed by atoms with Gasteiger partial charge in [-0.2, -0.15) is 0 Å². The fourth-order valence-corrected chi connectivity index (χ4v) is 1.54. The first kappa shape index (κ1) is 15.1. The molecular formula is C13H15F2NO3. The van der Waals surface area contributed by atoms with Gasteiger partial charge in [-0.05, 0) is 24.6 Å². The zero-order chi connectivity index (χ0) is 14.4. The van der Waals surface area contributed by atoms with Crippen LogP contribution in [0.15, 0.2) is 18.2 Å². The Morgan fingerprint density at radius 3 is 2.53 bits per heavy atom. The molecule has 0 saturated carbocycles. The number of carbonyl (C=O) groups is 2. The van der Waals surface area contributed by atoms with Crippen LogP contribution in [0, 0.1) is 11.6 Å². The zero-order valence-corrected chi connectivity index (χ0v) is 10.5. The number of aliphatic carboxylic acids is 1. The zero-order valence-electron chi connectivity index (χ0n) is 10.5. The van der Waals surface area contributed by atoms with Crippen LogP contribution in [-0.2, 0) is 4.79 Å². The number of carboxylic acids is 1. The lowest BCUT2D eigenvalue weighted by Gasteiger charge is -2.14. The number of carboxylic acid groups (broad SMARTS) is 1. The monoisotopic (exact) mass is 271 g/mol. The SMILES string of the molecule is CCCC[C@H](NC(=O)c1ccc(F)c(F)c1)C(=O)O. The fraction of sp³-hybridized carbons (Fsp3) is 0.385. The maximum Gasteiger partial charge on any atom is 0.326 e. The predicted octanol–water partition coefficient (Wildman–Crippen LogP) is 2.34. The van der Waals surface area contributed by atoms with Crippen molar-refractivity contribution in [1.82, 2.24) is 5.32 Å². The van der Waals surface area contributed by atoms with Gasteiger partial charge in [0, 0.05) is 5.56 Å². The molecule has 1 amide bonds. The molecular weight excluding hydrogens is 256 g/mol. The van der Waals surface area contributed by atoms with E-state index < -0.39 is 29.6 Å². The van der Waals surface area contributed by atoms with Crippen molar-refractivity contribution < 1.29 is 23.5 Å². The van der Waals surface area contributed by atoms with Crippen LogP contribution >= 0.6 is 0 Å². The minimum atomic E-state index is -1.15. The molecule has 0 bridgehead atoms. The number of unbranched alkanes of at least 4 members (excludes halogenated alkanes) is 1. The molecule has 0 radical (unpaired) electrons. The highest BCUT2D eigenvalue weighted by Crippen LogP contribution is 2.09. The van der Waals surface area contributed by atoms with Crippen molar-refractivity contribution >= 4 is 11.9 Å². The molecule has 1 aromatic rings. The Morgan fingerprint density at radius 1 is 1.32 bits per heavy atom. The summed E-state index contributed by atoms with van der Waals surface area (Å²) in [7, 11) is 0. The first-order valence-electron chi connectivity index (χ1n) is 5.94. The number of rotatable bonds is 6. The summed E-state index contributed by atoms with van der Waals surface area (Å²) >= 11 is 0. The number of amides is 1. The van der Waals surface area contributed by atoms with E-state index >= 15 is 0 Å². The maximum absolute atomic E-state index is 13.0. The van der Waals surface area contributed by atoms with Crippen molar-refractivity contribution in [3.63, 3.8) is 0 Å². The Hall–Kier alpha value is -1.98. The van der Waals surface area contributed by atoms with Crippen molar-refractivity contribution in [3.8, 4) is 0 Å². The summed E-state index contributed by atoms with van der Waals surface area (Å²) in [5.41, 5.74) is -0.110. The number of hydrogen-bond donors (Lipinski definition) is 2. The highest BCUT2D eigenvalue weighted by atomic mass is 19.2. The quantitative estimate of drug-likeness (QED) is 0.834. The summed E-state index contributed by atoms with van der Waals surface area (Å²) in [6.07, 6.45) is 1.74.